The zero-order valence-corrected chi connectivity index (χ0v) is 15.3. The smallest absolute Gasteiger partial charge is 0.254 e. The molecule has 0 aliphatic carbocycles. The SMILES string of the molecule is Cc1cc(O)cc(=O)n1CC(=O)N1CCCC[C@@H]1c1cc2ccccc2[nH]1. The van der Waals surface area contributed by atoms with Crippen LogP contribution in [0, 0.1) is 6.92 Å². The quantitative estimate of drug-likeness (QED) is 0.749. The van der Waals surface area contributed by atoms with Crippen LogP contribution >= 0.6 is 0 Å². The van der Waals surface area contributed by atoms with Gasteiger partial charge in [-0.2, -0.15) is 0 Å². The molecule has 140 valence electrons. The summed E-state index contributed by atoms with van der Waals surface area (Å²) in [5.41, 5.74) is 2.32. The van der Waals surface area contributed by atoms with Gasteiger partial charge in [0.25, 0.3) is 5.56 Å². The number of aromatic amines is 1. The molecule has 0 saturated carbocycles. The van der Waals surface area contributed by atoms with Gasteiger partial charge >= 0.3 is 0 Å². The first-order chi connectivity index (χ1) is 13.0. The van der Waals surface area contributed by atoms with Crippen molar-refractivity contribution in [1.29, 1.82) is 0 Å². The molecule has 1 fully saturated rings. The van der Waals surface area contributed by atoms with Gasteiger partial charge in [-0.15, -0.1) is 0 Å². The van der Waals surface area contributed by atoms with Crippen LogP contribution in [0.5, 0.6) is 5.75 Å². The number of para-hydroxylation sites is 1. The lowest BCUT2D eigenvalue weighted by Gasteiger charge is -2.35. The minimum Gasteiger partial charge on any atom is -0.508 e. The van der Waals surface area contributed by atoms with Crippen molar-refractivity contribution in [3.63, 3.8) is 0 Å². The van der Waals surface area contributed by atoms with Crippen LogP contribution in [0.2, 0.25) is 0 Å². The molecule has 0 radical (unpaired) electrons. The number of aromatic nitrogens is 2. The third-order valence-corrected chi connectivity index (χ3v) is 5.35. The number of benzene rings is 1. The first kappa shape index (κ1) is 17.4. The van der Waals surface area contributed by atoms with Crippen LogP contribution in [-0.4, -0.2) is 32.0 Å². The molecule has 1 saturated heterocycles. The highest BCUT2D eigenvalue weighted by Crippen LogP contribution is 2.32. The fraction of sp³-hybridized carbons (Fsp3) is 0.333. The van der Waals surface area contributed by atoms with Crippen molar-refractivity contribution in [1.82, 2.24) is 14.5 Å². The molecule has 4 rings (SSSR count). The zero-order valence-electron chi connectivity index (χ0n) is 15.3. The predicted octanol–water partition coefficient (Wildman–Crippen LogP) is 3.10. The number of carbonyl (C=O) groups is 1. The van der Waals surface area contributed by atoms with E-state index in [0.717, 1.165) is 41.9 Å². The number of H-pyrrole nitrogens is 1. The third-order valence-electron chi connectivity index (χ3n) is 5.35. The van der Waals surface area contributed by atoms with Gasteiger partial charge in [0.1, 0.15) is 12.3 Å². The van der Waals surface area contributed by atoms with Crippen molar-refractivity contribution in [2.24, 2.45) is 0 Å². The number of carbonyl (C=O) groups excluding carboxylic acids is 1. The number of amides is 1. The number of piperidine rings is 1. The second-order valence-corrected chi connectivity index (χ2v) is 7.19. The number of nitrogens with zero attached hydrogens (tertiary/aromatic N) is 2. The van der Waals surface area contributed by atoms with E-state index >= 15 is 0 Å². The molecule has 1 aliphatic rings. The standard InChI is InChI=1S/C21H23N3O3/c1-14-10-16(25)12-20(26)24(14)13-21(27)23-9-5-4-8-19(23)18-11-15-6-2-3-7-17(15)22-18/h2-3,6-7,10-12,19,22,25H,4-5,8-9,13H2,1H3/t19-/m1/s1. The number of aromatic hydroxyl groups is 1. The minimum atomic E-state index is -0.361. The number of fused-ring (bicyclic) bond motifs is 1. The van der Waals surface area contributed by atoms with Crippen molar-refractivity contribution in [2.45, 2.75) is 38.8 Å². The fourth-order valence-corrected chi connectivity index (χ4v) is 3.97. The molecule has 3 heterocycles. The highest BCUT2D eigenvalue weighted by Gasteiger charge is 2.29. The molecule has 2 N–H and O–H groups in total. The van der Waals surface area contributed by atoms with E-state index in [0.29, 0.717) is 12.2 Å². The van der Waals surface area contributed by atoms with E-state index < -0.39 is 0 Å². The molecule has 6 heteroatoms. The van der Waals surface area contributed by atoms with E-state index in [1.165, 1.54) is 10.6 Å². The van der Waals surface area contributed by atoms with Crippen LogP contribution in [0.3, 0.4) is 0 Å². The highest BCUT2D eigenvalue weighted by molar-refractivity contribution is 5.81. The summed E-state index contributed by atoms with van der Waals surface area (Å²) in [6.07, 6.45) is 2.94. The number of hydrogen-bond donors (Lipinski definition) is 2. The minimum absolute atomic E-state index is 0.00762. The van der Waals surface area contributed by atoms with Gasteiger partial charge in [-0.25, -0.2) is 0 Å². The molecule has 1 amide bonds. The molecule has 1 aliphatic heterocycles. The monoisotopic (exact) mass is 365 g/mol. The summed E-state index contributed by atoms with van der Waals surface area (Å²) in [5, 5.41) is 10.7. The molecule has 0 bridgehead atoms. The maximum Gasteiger partial charge on any atom is 0.254 e. The van der Waals surface area contributed by atoms with Gasteiger partial charge in [0.15, 0.2) is 0 Å². The molecule has 3 aromatic rings. The van der Waals surface area contributed by atoms with Gasteiger partial charge < -0.3 is 19.6 Å². The predicted molar refractivity (Wildman–Crippen MR) is 104 cm³/mol. The van der Waals surface area contributed by atoms with Crippen LogP contribution in [0.4, 0.5) is 0 Å². The van der Waals surface area contributed by atoms with Gasteiger partial charge in [-0.3, -0.25) is 9.59 Å². The molecular weight excluding hydrogens is 342 g/mol. The number of likely N-dealkylation sites (tertiary alicyclic amines) is 1. The largest absolute Gasteiger partial charge is 0.508 e. The normalized spacial score (nSPS) is 17.4. The second kappa shape index (κ2) is 6.95. The lowest BCUT2D eigenvalue weighted by molar-refractivity contribution is -0.135. The van der Waals surface area contributed by atoms with Gasteiger partial charge in [0, 0.05) is 29.5 Å². The van der Waals surface area contributed by atoms with E-state index in [4.69, 9.17) is 0 Å². The maximum absolute atomic E-state index is 13.0. The van der Waals surface area contributed by atoms with Crippen LogP contribution in [0.1, 0.15) is 36.7 Å². The summed E-state index contributed by atoms with van der Waals surface area (Å²) < 4.78 is 1.42. The highest BCUT2D eigenvalue weighted by atomic mass is 16.3. The maximum atomic E-state index is 13.0. The molecule has 1 aromatic carbocycles. The Morgan fingerprint density at radius 2 is 2.04 bits per heavy atom. The zero-order chi connectivity index (χ0) is 19.0. The molecule has 0 spiro atoms. The number of pyridine rings is 1. The van der Waals surface area contributed by atoms with E-state index in [-0.39, 0.29) is 29.8 Å². The van der Waals surface area contributed by atoms with Gasteiger partial charge in [-0.05, 0) is 49.8 Å². The fourth-order valence-electron chi connectivity index (χ4n) is 3.97. The Balaban J connectivity index is 1.62. The number of hydrogen-bond acceptors (Lipinski definition) is 3. The van der Waals surface area contributed by atoms with E-state index in [9.17, 15) is 14.7 Å². The summed E-state index contributed by atoms with van der Waals surface area (Å²) in [6, 6.07) is 12.8. The van der Waals surface area contributed by atoms with Gasteiger partial charge in [-0.1, -0.05) is 18.2 Å². The Labute approximate surface area is 157 Å². The molecular formula is C21H23N3O3. The van der Waals surface area contributed by atoms with Crippen LogP contribution in [0.25, 0.3) is 10.9 Å². The third kappa shape index (κ3) is 3.35. The van der Waals surface area contributed by atoms with Gasteiger partial charge in [0.05, 0.1) is 6.04 Å². The van der Waals surface area contributed by atoms with Crippen molar-refractivity contribution in [3.8, 4) is 5.75 Å². The van der Waals surface area contributed by atoms with Crippen molar-refractivity contribution in [3.05, 3.63) is 64.2 Å². The molecule has 1 atom stereocenters. The second-order valence-electron chi connectivity index (χ2n) is 7.19. The van der Waals surface area contributed by atoms with E-state index in [2.05, 4.69) is 17.1 Å². The Hall–Kier alpha value is -3.02. The number of nitrogens with one attached hydrogen (secondary N) is 1. The summed E-state index contributed by atoms with van der Waals surface area (Å²) in [4.78, 5) is 30.6. The Morgan fingerprint density at radius 1 is 1.22 bits per heavy atom. The summed E-state index contributed by atoms with van der Waals surface area (Å²) in [7, 11) is 0. The molecule has 27 heavy (non-hydrogen) atoms. The summed E-state index contributed by atoms with van der Waals surface area (Å²) in [5.74, 6) is -0.149. The van der Waals surface area contributed by atoms with Gasteiger partial charge in [0.2, 0.25) is 5.91 Å². The molecule has 0 unspecified atom stereocenters. The average Bonchev–Trinajstić information content (AvgIpc) is 3.08. The Morgan fingerprint density at radius 3 is 2.81 bits per heavy atom. The van der Waals surface area contributed by atoms with Crippen LogP contribution < -0.4 is 5.56 Å². The summed E-state index contributed by atoms with van der Waals surface area (Å²) in [6.45, 7) is 2.40. The van der Waals surface area contributed by atoms with E-state index in [1.807, 2.05) is 23.1 Å². The lowest BCUT2D eigenvalue weighted by Crippen LogP contribution is -2.42. The molecule has 2 aromatic heterocycles. The first-order valence-electron chi connectivity index (χ1n) is 9.30. The van der Waals surface area contributed by atoms with Crippen LogP contribution in [0.15, 0.2) is 47.3 Å². The Bertz CT molecular complexity index is 1020. The Kier molecular flexibility index (Phi) is 4.48. The first-order valence-corrected chi connectivity index (χ1v) is 9.30. The van der Waals surface area contributed by atoms with Crippen LogP contribution in [-0.2, 0) is 11.3 Å². The summed E-state index contributed by atoms with van der Waals surface area (Å²) >= 11 is 0. The van der Waals surface area contributed by atoms with E-state index in [1.54, 1.807) is 6.92 Å². The average molecular weight is 365 g/mol. The molecule has 6 nitrogen and oxygen atoms in total. The number of rotatable bonds is 3. The lowest BCUT2D eigenvalue weighted by atomic mass is 9.99. The van der Waals surface area contributed by atoms with Crippen molar-refractivity contribution in [2.75, 3.05) is 6.54 Å². The van der Waals surface area contributed by atoms with Crippen molar-refractivity contribution >= 4 is 16.8 Å². The van der Waals surface area contributed by atoms with Crippen molar-refractivity contribution < 1.29 is 9.90 Å². The topological polar surface area (TPSA) is 78.3 Å². The number of aryl methyl sites for hydroxylation is 1.